The number of nitrogens with zero attached hydrogens (tertiary/aromatic N) is 1. The Morgan fingerprint density at radius 2 is 2.45 bits per heavy atom. The molecule has 3 heteroatoms. The third kappa shape index (κ3) is 1.11. The molecule has 1 N–H and O–H groups in total. The number of nitrogens with one attached hydrogen (secondary N) is 1. The van der Waals surface area contributed by atoms with Gasteiger partial charge in [0.25, 0.3) is 0 Å². The molecule has 0 aliphatic carbocycles. The summed E-state index contributed by atoms with van der Waals surface area (Å²) in [4.78, 5) is 13.1. The van der Waals surface area contributed by atoms with Crippen molar-refractivity contribution < 1.29 is 4.79 Å². The number of rotatable bonds is 0. The number of carbonyl (C=O) groups is 1. The lowest BCUT2D eigenvalue weighted by atomic mass is 10.1. The molecule has 0 unspecified atom stereocenters. The average molecular weight is 152 g/mol. The molecule has 2 rings (SSSR count). The lowest BCUT2D eigenvalue weighted by Crippen LogP contribution is -2.44. The molecule has 2 aliphatic rings. The summed E-state index contributed by atoms with van der Waals surface area (Å²) in [5.41, 5.74) is 0. The number of carbonyl (C=O) groups excluding carboxylic acids is 1. The molecular formula is C8H12N2O. The van der Waals surface area contributed by atoms with Gasteiger partial charge >= 0.3 is 0 Å². The fourth-order valence-corrected chi connectivity index (χ4v) is 1.58. The monoisotopic (exact) mass is 152 g/mol. The number of hydrogen-bond donors (Lipinski definition) is 1. The molecule has 2 heterocycles. The van der Waals surface area contributed by atoms with E-state index in [9.17, 15) is 4.79 Å². The van der Waals surface area contributed by atoms with Crippen molar-refractivity contribution in [2.45, 2.75) is 19.3 Å². The maximum Gasteiger partial charge on any atom is 0.228 e. The van der Waals surface area contributed by atoms with Crippen molar-refractivity contribution in [1.82, 2.24) is 10.2 Å². The SMILES string of the molecule is O=C1CCC=C2NCCCN12. The molecule has 0 aromatic heterocycles. The van der Waals surface area contributed by atoms with Gasteiger partial charge in [0.2, 0.25) is 5.91 Å². The van der Waals surface area contributed by atoms with E-state index < -0.39 is 0 Å². The number of hydrogen-bond acceptors (Lipinski definition) is 2. The Kier molecular flexibility index (Phi) is 1.56. The summed E-state index contributed by atoms with van der Waals surface area (Å²) in [6.07, 6.45) is 4.77. The minimum absolute atomic E-state index is 0.273. The molecule has 0 spiro atoms. The fraction of sp³-hybridized carbons (Fsp3) is 0.625. The highest BCUT2D eigenvalue weighted by Crippen LogP contribution is 2.16. The average Bonchev–Trinajstić information content (AvgIpc) is 2.06. The van der Waals surface area contributed by atoms with Crippen molar-refractivity contribution in [1.29, 1.82) is 0 Å². The number of allylic oxidation sites excluding steroid dienone is 1. The van der Waals surface area contributed by atoms with Crippen LogP contribution in [0.25, 0.3) is 0 Å². The second-order valence-electron chi connectivity index (χ2n) is 2.95. The normalized spacial score (nSPS) is 23.8. The highest BCUT2D eigenvalue weighted by atomic mass is 16.2. The largest absolute Gasteiger partial charge is 0.372 e. The van der Waals surface area contributed by atoms with E-state index in [-0.39, 0.29) is 5.91 Å². The summed E-state index contributed by atoms with van der Waals surface area (Å²) in [6, 6.07) is 0. The highest BCUT2D eigenvalue weighted by Gasteiger charge is 2.23. The van der Waals surface area contributed by atoms with Gasteiger partial charge in [-0.2, -0.15) is 0 Å². The van der Waals surface area contributed by atoms with Gasteiger partial charge in [0.05, 0.1) is 0 Å². The summed E-state index contributed by atoms with van der Waals surface area (Å²) in [5.74, 6) is 1.31. The second kappa shape index (κ2) is 2.57. The van der Waals surface area contributed by atoms with E-state index in [1.54, 1.807) is 0 Å². The van der Waals surface area contributed by atoms with E-state index in [1.165, 1.54) is 0 Å². The van der Waals surface area contributed by atoms with Gasteiger partial charge in [-0.15, -0.1) is 0 Å². The molecule has 0 aromatic rings. The Hall–Kier alpha value is -0.990. The molecule has 60 valence electrons. The van der Waals surface area contributed by atoms with Crippen LogP contribution in [0, 0.1) is 0 Å². The zero-order chi connectivity index (χ0) is 7.68. The molecule has 0 radical (unpaired) electrons. The van der Waals surface area contributed by atoms with Crippen molar-refractivity contribution in [3.05, 3.63) is 11.9 Å². The van der Waals surface area contributed by atoms with Gasteiger partial charge < -0.3 is 5.32 Å². The fourth-order valence-electron chi connectivity index (χ4n) is 1.58. The maximum absolute atomic E-state index is 11.3. The molecule has 0 bridgehead atoms. The van der Waals surface area contributed by atoms with Gasteiger partial charge in [-0.25, -0.2) is 0 Å². The van der Waals surface area contributed by atoms with Crippen LogP contribution in [-0.4, -0.2) is 23.9 Å². The van der Waals surface area contributed by atoms with Gasteiger partial charge in [-0.3, -0.25) is 9.69 Å². The Labute approximate surface area is 66.1 Å². The molecule has 3 nitrogen and oxygen atoms in total. The summed E-state index contributed by atoms with van der Waals surface area (Å²) in [7, 11) is 0. The highest BCUT2D eigenvalue weighted by molar-refractivity contribution is 5.79. The van der Waals surface area contributed by atoms with Crippen LogP contribution in [0.3, 0.4) is 0 Å². The second-order valence-corrected chi connectivity index (χ2v) is 2.95. The summed E-state index contributed by atoms with van der Waals surface area (Å²) < 4.78 is 0. The topological polar surface area (TPSA) is 32.3 Å². The van der Waals surface area contributed by atoms with E-state index in [0.717, 1.165) is 31.8 Å². The van der Waals surface area contributed by atoms with Crippen LogP contribution in [0.4, 0.5) is 0 Å². The zero-order valence-electron chi connectivity index (χ0n) is 6.47. The van der Waals surface area contributed by atoms with Crippen molar-refractivity contribution in [3.8, 4) is 0 Å². The lowest BCUT2D eigenvalue weighted by Gasteiger charge is -2.33. The Bertz CT molecular complexity index is 210. The van der Waals surface area contributed by atoms with Crippen LogP contribution in [0.15, 0.2) is 11.9 Å². The van der Waals surface area contributed by atoms with Crippen molar-refractivity contribution in [2.75, 3.05) is 13.1 Å². The van der Waals surface area contributed by atoms with E-state index >= 15 is 0 Å². The number of fused-ring (bicyclic) bond motifs is 1. The van der Waals surface area contributed by atoms with Crippen LogP contribution in [0.5, 0.6) is 0 Å². The molecule has 0 atom stereocenters. The summed E-state index contributed by atoms with van der Waals surface area (Å²) >= 11 is 0. The van der Waals surface area contributed by atoms with Crippen LogP contribution >= 0.6 is 0 Å². The first kappa shape index (κ1) is 6.70. The number of amides is 1. The maximum atomic E-state index is 11.3. The smallest absolute Gasteiger partial charge is 0.228 e. The molecule has 1 saturated heterocycles. The van der Waals surface area contributed by atoms with Crippen LogP contribution in [-0.2, 0) is 4.79 Å². The van der Waals surface area contributed by atoms with Gasteiger partial charge in [-0.05, 0) is 18.9 Å². The van der Waals surface area contributed by atoms with Crippen molar-refractivity contribution in [2.24, 2.45) is 0 Å². The molecule has 11 heavy (non-hydrogen) atoms. The minimum atomic E-state index is 0.273. The molecule has 1 amide bonds. The molecule has 2 aliphatic heterocycles. The summed E-state index contributed by atoms with van der Waals surface area (Å²) in [5, 5.41) is 3.22. The predicted octanol–water partition coefficient (Wildman–Crippen LogP) is 0.444. The quantitative estimate of drug-likeness (QED) is 0.546. The first-order valence-corrected chi connectivity index (χ1v) is 4.12. The van der Waals surface area contributed by atoms with Crippen LogP contribution in [0.1, 0.15) is 19.3 Å². The minimum Gasteiger partial charge on any atom is -0.372 e. The molecular weight excluding hydrogens is 140 g/mol. The molecule has 0 saturated carbocycles. The lowest BCUT2D eigenvalue weighted by molar-refractivity contribution is -0.130. The van der Waals surface area contributed by atoms with Gasteiger partial charge in [0, 0.05) is 19.5 Å². The van der Waals surface area contributed by atoms with Gasteiger partial charge in [0.1, 0.15) is 5.82 Å². The molecule has 1 fully saturated rings. The Morgan fingerprint density at radius 1 is 1.55 bits per heavy atom. The predicted molar refractivity (Wildman–Crippen MR) is 41.6 cm³/mol. The van der Waals surface area contributed by atoms with Crippen molar-refractivity contribution >= 4 is 5.91 Å². The van der Waals surface area contributed by atoms with Crippen LogP contribution < -0.4 is 5.32 Å². The Morgan fingerprint density at radius 3 is 3.27 bits per heavy atom. The summed E-state index contributed by atoms with van der Waals surface area (Å²) in [6.45, 7) is 1.91. The first-order chi connectivity index (χ1) is 5.38. The zero-order valence-corrected chi connectivity index (χ0v) is 6.47. The van der Waals surface area contributed by atoms with Crippen molar-refractivity contribution in [3.63, 3.8) is 0 Å². The van der Waals surface area contributed by atoms with E-state index in [4.69, 9.17) is 0 Å². The van der Waals surface area contributed by atoms with E-state index in [2.05, 4.69) is 11.4 Å². The van der Waals surface area contributed by atoms with E-state index in [0.29, 0.717) is 6.42 Å². The molecule has 0 aromatic carbocycles. The third-order valence-electron chi connectivity index (χ3n) is 2.15. The first-order valence-electron chi connectivity index (χ1n) is 4.12. The van der Waals surface area contributed by atoms with Crippen LogP contribution in [0.2, 0.25) is 0 Å². The van der Waals surface area contributed by atoms with Gasteiger partial charge in [-0.1, -0.05) is 0 Å². The standard InChI is InChI=1S/C8H12N2O/c11-8-4-1-3-7-9-5-2-6-10(7)8/h3,9H,1-2,4-6H2. The van der Waals surface area contributed by atoms with Gasteiger partial charge in [0.15, 0.2) is 0 Å². The Balaban J connectivity index is 2.19. The van der Waals surface area contributed by atoms with E-state index in [1.807, 2.05) is 4.90 Å². The third-order valence-corrected chi connectivity index (χ3v) is 2.15.